The van der Waals surface area contributed by atoms with Crippen molar-refractivity contribution >= 4 is 28.9 Å². The van der Waals surface area contributed by atoms with E-state index in [1.54, 1.807) is 0 Å². The number of aryl methyl sites for hydroxylation is 1. The first-order valence-corrected chi connectivity index (χ1v) is 11.7. The summed E-state index contributed by atoms with van der Waals surface area (Å²) in [6.07, 6.45) is 9.37. The number of piperidine rings is 1. The zero-order valence-corrected chi connectivity index (χ0v) is 17.8. The smallest absolute Gasteiger partial charge is 0.348 e. The van der Waals surface area contributed by atoms with Gasteiger partial charge in [0.2, 0.25) is 5.91 Å². The van der Waals surface area contributed by atoms with Crippen LogP contribution in [0.2, 0.25) is 0 Å². The molecular formula is C24H29NO3S. The molecule has 2 fully saturated rings. The number of amides is 1. The number of aromatic carboxylic acids is 1. The van der Waals surface area contributed by atoms with Crippen LogP contribution in [0.1, 0.15) is 73.5 Å². The minimum absolute atomic E-state index is 0.0833. The van der Waals surface area contributed by atoms with Crippen LogP contribution in [-0.4, -0.2) is 23.0 Å². The summed E-state index contributed by atoms with van der Waals surface area (Å²) in [6, 6.07) is 10.4. The third-order valence-electron chi connectivity index (χ3n) is 6.50. The Morgan fingerprint density at radius 2 is 1.83 bits per heavy atom. The van der Waals surface area contributed by atoms with Crippen LogP contribution in [0.5, 0.6) is 0 Å². The average Bonchev–Trinajstić information content (AvgIpc) is 3.19. The van der Waals surface area contributed by atoms with E-state index >= 15 is 0 Å². The predicted octanol–water partition coefficient (Wildman–Crippen LogP) is 6.14. The number of carboxylic acid groups (broad SMARTS) is 1. The molecule has 4 rings (SSSR count). The molecule has 0 radical (unpaired) electrons. The second-order valence-electron chi connectivity index (χ2n) is 8.30. The fourth-order valence-electron chi connectivity index (χ4n) is 4.94. The number of benzene rings is 1. The minimum Gasteiger partial charge on any atom is -0.477 e. The molecule has 2 heterocycles. The molecular weight excluding hydrogens is 382 g/mol. The van der Waals surface area contributed by atoms with Gasteiger partial charge >= 0.3 is 5.97 Å². The van der Waals surface area contributed by atoms with E-state index in [0.717, 1.165) is 42.5 Å². The molecule has 29 heavy (non-hydrogen) atoms. The van der Waals surface area contributed by atoms with Crippen LogP contribution < -0.4 is 4.90 Å². The van der Waals surface area contributed by atoms with E-state index in [4.69, 9.17) is 0 Å². The number of hydrogen-bond donors (Lipinski definition) is 1. The first-order chi connectivity index (χ1) is 14.1. The molecule has 1 amide bonds. The number of hydrogen-bond acceptors (Lipinski definition) is 3. The lowest BCUT2D eigenvalue weighted by molar-refractivity contribution is -0.120. The van der Waals surface area contributed by atoms with E-state index in [-0.39, 0.29) is 16.8 Å². The van der Waals surface area contributed by atoms with Crippen molar-refractivity contribution in [3.8, 4) is 10.4 Å². The van der Waals surface area contributed by atoms with Gasteiger partial charge in [-0.15, -0.1) is 11.3 Å². The summed E-state index contributed by atoms with van der Waals surface area (Å²) in [5, 5.41) is 9.89. The number of rotatable bonds is 5. The number of carbonyl (C=O) groups is 2. The molecule has 0 bridgehead atoms. The first-order valence-electron chi connectivity index (χ1n) is 10.9. The maximum Gasteiger partial charge on any atom is 0.348 e. The van der Waals surface area contributed by atoms with Crippen molar-refractivity contribution in [2.75, 3.05) is 4.90 Å². The summed E-state index contributed by atoms with van der Waals surface area (Å²) >= 11 is 1.29. The molecule has 2 aliphatic rings. The van der Waals surface area contributed by atoms with Gasteiger partial charge in [0, 0.05) is 17.3 Å². The minimum atomic E-state index is -0.942. The van der Waals surface area contributed by atoms with E-state index in [1.165, 1.54) is 36.2 Å². The third-order valence-corrected chi connectivity index (χ3v) is 7.66. The Balaban J connectivity index is 1.73. The van der Waals surface area contributed by atoms with Gasteiger partial charge in [0.1, 0.15) is 4.88 Å². The quantitative estimate of drug-likeness (QED) is 0.643. The highest BCUT2D eigenvalue weighted by molar-refractivity contribution is 7.18. The lowest BCUT2D eigenvalue weighted by Crippen LogP contribution is -2.48. The number of carbonyl (C=O) groups excluding carboxylic acids is 1. The van der Waals surface area contributed by atoms with E-state index in [2.05, 4.69) is 31.2 Å². The van der Waals surface area contributed by atoms with Gasteiger partial charge in [-0.1, -0.05) is 50.5 Å². The predicted molar refractivity (Wildman–Crippen MR) is 118 cm³/mol. The molecule has 0 spiro atoms. The van der Waals surface area contributed by atoms with Crippen LogP contribution in [0.25, 0.3) is 10.4 Å². The van der Waals surface area contributed by atoms with Crippen LogP contribution in [0, 0.1) is 5.92 Å². The second kappa shape index (κ2) is 8.70. The Morgan fingerprint density at radius 1 is 1.10 bits per heavy atom. The molecule has 1 saturated heterocycles. The second-order valence-corrected chi connectivity index (χ2v) is 9.35. The van der Waals surface area contributed by atoms with Gasteiger partial charge < -0.3 is 10.0 Å². The standard InChI is InChI=1S/C24H29NO3S/c1-2-16-11-13-18(14-12-16)21-15-20(23(29-21)24(27)28)25-19(9-6-10-22(25)26)17-7-4-3-5-8-17/h11-15,17,19H,2-10H2,1H3,(H,27,28). The molecule has 4 nitrogen and oxygen atoms in total. The van der Waals surface area contributed by atoms with Gasteiger partial charge in [-0.2, -0.15) is 0 Å². The molecule has 1 aliphatic carbocycles. The molecule has 1 aliphatic heterocycles. The molecule has 5 heteroatoms. The van der Waals surface area contributed by atoms with Crippen molar-refractivity contribution < 1.29 is 14.7 Å². The molecule has 154 valence electrons. The monoisotopic (exact) mass is 411 g/mol. The lowest BCUT2D eigenvalue weighted by atomic mass is 9.79. The molecule has 1 aromatic carbocycles. The van der Waals surface area contributed by atoms with E-state index in [9.17, 15) is 14.7 Å². The van der Waals surface area contributed by atoms with E-state index < -0.39 is 5.97 Å². The van der Waals surface area contributed by atoms with Crippen molar-refractivity contribution in [1.82, 2.24) is 0 Å². The summed E-state index contributed by atoms with van der Waals surface area (Å²) < 4.78 is 0. The van der Waals surface area contributed by atoms with E-state index in [1.807, 2.05) is 11.0 Å². The Kier molecular flexibility index (Phi) is 6.04. The number of carboxylic acids is 1. The Bertz CT molecular complexity index is 880. The van der Waals surface area contributed by atoms with Crippen molar-refractivity contribution in [3.05, 3.63) is 40.8 Å². The van der Waals surface area contributed by atoms with Crippen LogP contribution in [0.3, 0.4) is 0 Å². The highest BCUT2D eigenvalue weighted by Gasteiger charge is 2.38. The number of nitrogens with zero attached hydrogens (tertiary/aromatic N) is 1. The SMILES string of the molecule is CCc1ccc(-c2cc(N3C(=O)CCCC3C3CCCCC3)c(C(=O)O)s2)cc1. The number of thiophene rings is 1. The largest absolute Gasteiger partial charge is 0.477 e. The first kappa shape index (κ1) is 20.1. The molecule has 1 atom stereocenters. The summed E-state index contributed by atoms with van der Waals surface area (Å²) in [6.45, 7) is 2.12. The van der Waals surface area contributed by atoms with Crippen molar-refractivity contribution in [1.29, 1.82) is 0 Å². The maximum absolute atomic E-state index is 13.0. The van der Waals surface area contributed by atoms with Gasteiger partial charge in [-0.05, 0) is 55.2 Å². The Hall–Kier alpha value is -2.14. The summed E-state index contributed by atoms with van der Waals surface area (Å²) in [5.41, 5.74) is 2.88. The zero-order chi connectivity index (χ0) is 20.4. The summed E-state index contributed by atoms with van der Waals surface area (Å²) in [7, 11) is 0. The Labute approximate surface area is 176 Å². The highest BCUT2D eigenvalue weighted by Crippen LogP contribution is 2.42. The van der Waals surface area contributed by atoms with E-state index in [0.29, 0.717) is 18.0 Å². The Morgan fingerprint density at radius 3 is 2.48 bits per heavy atom. The zero-order valence-electron chi connectivity index (χ0n) is 17.0. The molecule has 1 saturated carbocycles. The fourth-order valence-corrected chi connectivity index (χ4v) is 5.93. The van der Waals surface area contributed by atoms with Gasteiger partial charge in [0.15, 0.2) is 0 Å². The highest BCUT2D eigenvalue weighted by atomic mass is 32.1. The summed E-state index contributed by atoms with van der Waals surface area (Å²) in [4.78, 5) is 28.1. The van der Waals surface area contributed by atoms with Crippen molar-refractivity contribution in [2.45, 2.75) is 70.8 Å². The third kappa shape index (κ3) is 4.11. The molecule has 1 aromatic heterocycles. The van der Waals surface area contributed by atoms with Gasteiger partial charge in [0.05, 0.1) is 5.69 Å². The van der Waals surface area contributed by atoms with Crippen LogP contribution in [-0.2, 0) is 11.2 Å². The van der Waals surface area contributed by atoms with Gasteiger partial charge in [-0.25, -0.2) is 4.79 Å². The average molecular weight is 412 g/mol. The van der Waals surface area contributed by atoms with Crippen LogP contribution in [0.15, 0.2) is 30.3 Å². The van der Waals surface area contributed by atoms with Crippen molar-refractivity contribution in [3.63, 3.8) is 0 Å². The van der Waals surface area contributed by atoms with Gasteiger partial charge in [-0.3, -0.25) is 4.79 Å². The van der Waals surface area contributed by atoms with Crippen LogP contribution >= 0.6 is 11.3 Å². The molecule has 2 aromatic rings. The normalized spacial score (nSPS) is 20.8. The maximum atomic E-state index is 13.0. The molecule has 1 N–H and O–H groups in total. The summed E-state index contributed by atoms with van der Waals surface area (Å²) in [5.74, 6) is -0.371. The number of anilines is 1. The fraction of sp³-hybridized carbons (Fsp3) is 0.500. The lowest BCUT2D eigenvalue weighted by Gasteiger charge is -2.41. The van der Waals surface area contributed by atoms with Crippen LogP contribution in [0.4, 0.5) is 5.69 Å². The van der Waals surface area contributed by atoms with Crippen molar-refractivity contribution in [2.24, 2.45) is 5.92 Å². The van der Waals surface area contributed by atoms with Gasteiger partial charge in [0.25, 0.3) is 0 Å². The molecule has 1 unspecified atom stereocenters. The topological polar surface area (TPSA) is 57.6 Å².